The van der Waals surface area contributed by atoms with Gasteiger partial charge in [0.05, 0.1) is 25.7 Å². The Bertz CT molecular complexity index is 712. The minimum Gasteiger partial charge on any atom is -0.478 e. The monoisotopic (exact) mass is 368 g/mol. The highest BCUT2D eigenvalue weighted by atomic mass is 35.5. The van der Waals surface area contributed by atoms with Gasteiger partial charge in [0, 0.05) is 10.6 Å². The molecule has 0 fully saturated rings. The first kappa shape index (κ1) is 15.7. The standard InChI is InChI=1S/C13H5Cl5O2/c14-7-2-5(1-6(3-7)13(19)20)10-8(15)4-9(16)11(17)12(10)18/h1-4H,(H,19,20). The van der Waals surface area contributed by atoms with Crippen LogP contribution in [-0.4, -0.2) is 11.1 Å². The van der Waals surface area contributed by atoms with Crippen LogP contribution in [0.1, 0.15) is 10.4 Å². The number of aromatic carboxylic acids is 1. The summed E-state index contributed by atoms with van der Waals surface area (Å²) in [7, 11) is 0. The summed E-state index contributed by atoms with van der Waals surface area (Å²) in [5.74, 6) is -1.11. The SMILES string of the molecule is O=C(O)c1cc(Cl)cc(-c2c(Cl)cc(Cl)c(Cl)c2Cl)c1. The Balaban J connectivity index is 2.75. The Morgan fingerprint density at radius 3 is 2.10 bits per heavy atom. The van der Waals surface area contributed by atoms with Crippen molar-refractivity contribution in [2.24, 2.45) is 0 Å². The molecular formula is C13H5Cl5O2. The van der Waals surface area contributed by atoms with E-state index in [4.69, 9.17) is 63.1 Å². The Kier molecular flexibility index (Phi) is 4.73. The zero-order valence-corrected chi connectivity index (χ0v) is 13.3. The zero-order chi connectivity index (χ0) is 15.0. The first-order chi connectivity index (χ1) is 9.31. The van der Waals surface area contributed by atoms with E-state index in [9.17, 15) is 4.79 Å². The van der Waals surface area contributed by atoms with Crippen LogP contribution in [-0.2, 0) is 0 Å². The lowest BCUT2D eigenvalue weighted by molar-refractivity contribution is 0.0697. The Morgan fingerprint density at radius 1 is 0.850 bits per heavy atom. The molecule has 2 aromatic rings. The lowest BCUT2D eigenvalue weighted by Gasteiger charge is -2.11. The average Bonchev–Trinajstić information content (AvgIpc) is 2.35. The van der Waals surface area contributed by atoms with Crippen molar-refractivity contribution in [3.8, 4) is 11.1 Å². The molecule has 0 saturated carbocycles. The van der Waals surface area contributed by atoms with Gasteiger partial charge in [-0.2, -0.15) is 0 Å². The smallest absolute Gasteiger partial charge is 0.335 e. The normalized spacial score (nSPS) is 10.7. The molecule has 2 aromatic carbocycles. The topological polar surface area (TPSA) is 37.3 Å². The molecule has 0 amide bonds. The number of benzene rings is 2. The minimum atomic E-state index is -1.11. The molecule has 0 aliphatic heterocycles. The second kappa shape index (κ2) is 6.00. The van der Waals surface area contributed by atoms with Gasteiger partial charge in [-0.15, -0.1) is 0 Å². The van der Waals surface area contributed by atoms with Crippen LogP contribution in [0.15, 0.2) is 24.3 Å². The van der Waals surface area contributed by atoms with E-state index in [1.165, 1.54) is 18.2 Å². The molecule has 0 radical (unpaired) electrons. The van der Waals surface area contributed by atoms with Gasteiger partial charge in [0.1, 0.15) is 0 Å². The quantitative estimate of drug-likeness (QED) is 0.496. The van der Waals surface area contributed by atoms with E-state index >= 15 is 0 Å². The maximum absolute atomic E-state index is 11.1. The Morgan fingerprint density at radius 2 is 1.50 bits per heavy atom. The number of halogens is 5. The van der Waals surface area contributed by atoms with E-state index in [-0.39, 0.29) is 30.7 Å². The summed E-state index contributed by atoms with van der Waals surface area (Å²) in [6.07, 6.45) is 0. The molecule has 2 nitrogen and oxygen atoms in total. The van der Waals surface area contributed by atoms with Gasteiger partial charge >= 0.3 is 5.97 Å². The van der Waals surface area contributed by atoms with Crippen LogP contribution >= 0.6 is 58.0 Å². The van der Waals surface area contributed by atoms with Crippen molar-refractivity contribution >= 4 is 64.0 Å². The summed E-state index contributed by atoms with van der Waals surface area (Å²) in [5.41, 5.74) is 0.849. The van der Waals surface area contributed by atoms with Gasteiger partial charge in [0.15, 0.2) is 0 Å². The van der Waals surface area contributed by atoms with Crippen molar-refractivity contribution in [3.05, 3.63) is 54.9 Å². The number of rotatable bonds is 2. The summed E-state index contributed by atoms with van der Waals surface area (Å²) in [5, 5.41) is 10.0. The van der Waals surface area contributed by atoms with Gasteiger partial charge in [0.2, 0.25) is 0 Å². The van der Waals surface area contributed by atoms with Crippen molar-refractivity contribution in [1.29, 1.82) is 0 Å². The molecule has 0 aromatic heterocycles. The Labute approximate surface area is 139 Å². The van der Waals surface area contributed by atoms with Gasteiger partial charge in [-0.25, -0.2) is 4.79 Å². The highest BCUT2D eigenvalue weighted by Crippen LogP contribution is 2.43. The molecule has 0 bridgehead atoms. The first-order valence-electron chi connectivity index (χ1n) is 5.18. The van der Waals surface area contributed by atoms with E-state index in [1.54, 1.807) is 6.07 Å². The third kappa shape index (κ3) is 3.00. The van der Waals surface area contributed by atoms with Gasteiger partial charge in [0.25, 0.3) is 0 Å². The summed E-state index contributed by atoms with van der Waals surface area (Å²) in [6, 6.07) is 5.72. The zero-order valence-electron chi connectivity index (χ0n) is 9.55. The number of carbonyl (C=O) groups is 1. The summed E-state index contributed by atoms with van der Waals surface area (Å²) in [6.45, 7) is 0. The molecule has 1 N–H and O–H groups in total. The number of carboxylic acids is 1. The van der Waals surface area contributed by atoms with Crippen LogP contribution in [0.3, 0.4) is 0 Å². The maximum Gasteiger partial charge on any atom is 0.335 e. The predicted molar refractivity (Wildman–Crippen MR) is 83.9 cm³/mol. The number of carboxylic acid groups (broad SMARTS) is 1. The molecule has 0 unspecified atom stereocenters. The van der Waals surface area contributed by atoms with Crippen molar-refractivity contribution < 1.29 is 9.90 Å². The second-order valence-electron chi connectivity index (χ2n) is 3.88. The molecule has 2 rings (SSSR count). The highest BCUT2D eigenvalue weighted by molar-refractivity contribution is 6.51. The van der Waals surface area contributed by atoms with Crippen LogP contribution in [0, 0.1) is 0 Å². The van der Waals surface area contributed by atoms with E-state index in [0.717, 1.165) is 0 Å². The summed E-state index contributed by atoms with van der Waals surface area (Å²) >= 11 is 30.0. The fourth-order valence-corrected chi connectivity index (χ4v) is 3.05. The molecule has 0 heterocycles. The maximum atomic E-state index is 11.1. The van der Waals surface area contributed by atoms with E-state index < -0.39 is 5.97 Å². The molecule has 7 heteroatoms. The first-order valence-corrected chi connectivity index (χ1v) is 7.07. The number of hydrogen-bond donors (Lipinski definition) is 1. The van der Waals surface area contributed by atoms with E-state index in [1.807, 2.05) is 0 Å². The Hall–Kier alpha value is -0.640. The van der Waals surface area contributed by atoms with Crippen molar-refractivity contribution in [3.63, 3.8) is 0 Å². The van der Waals surface area contributed by atoms with Crippen LogP contribution < -0.4 is 0 Å². The van der Waals surface area contributed by atoms with Crippen molar-refractivity contribution in [2.45, 2.75) is 0 Å². The van der Waals surface area contributed by atoms with Crippen LogP contribution in [0.25, 0.3) is 11.1 Å². The molecule has 0 aliphatic rings. The molecular weight excluding hydrogens is 365 g/mol. The molecule has 104 valence electrons. The van der Waals surface area contributed by atoms with E-state index in [2.05, 4.69) is 0 Å². The van der Waals surface area contributed by atoms with E-state index in [0.29, 0.717) is 11.1 Å². The minimum absolute atomic E-state index is 0.0192. The summed E-state index contributed by atoms with van der Waals surface area (Å²) in [4.78, 5) is 11.1. The van der Waals surface area contributed by atoms with Gasteiger partial charge in [-0.1, -0.05) is 58.0 Å². The second-order valence-corrected chi connectivity index (χ2v) is 5.88. The average molecular weight is 370 g/mol. The lowest BCUT2D eigenvalue weighted by Crippen LogP contribution is -1.97. The lowest BCUT2D eigenvalue weighted by atomic mass is 10.0. The third-order valence-electron chi connectivity index (χ3n) is 2.55. The van der Waals surface area contributed by atoms with Crippen molar-refractivity contribution in [1.82, 2.24) is 0 Å². The highest BCUT2D eigenvalue weighted by Gasteiger charge is 2.17. The van der Waals surface area contributed by atoms with Gasteiger partial charge < -0.3 is 5.11 Å². The molecule has 0 aliphatic carbocycles. The summed E-state index contributed by atoms with van der Waals surface area (Å²) < 4.78 is 0. The largest absolute Gasteiger partial charge is 0.478 e. The fourth-order valence-electron chi connectivity index (χ4n) is 1.69. The molecule has 20 heavy (non-hydrogen) atoms. The number of hydrogen-bond acceptors (Lipinski definition) is 1. The van der Waals surface area contributed by atoms with Crippen molar-refractivity contribution in [2.75, 3.05) is 0 Å². The fraction of sp³-hybridized carbons (Fsp3) is 0. The molecule has 0 spiro atoms. The third-order valence-corrected chi connectivity index (χ3v) is 4.33. The van der Waals surface area contributed by atoms with Gasteiger partial charge in [-0.3, -0.25) is 0 Å². The predicted octanol–water partition coefficient (Wildman–Crippen LogP) is 6.32. The van der Waals surface area contributed by atoms with Crippen LogP contribution in [0.4, 0.5) is 0 Å². The van der Waals surface area contributed by atoms with Crippen LogP contribution in [0.5, 0.6) is 0 Å². The van der Waals surface area contributed by atoms with Gasteiger partial charge in [-0.05, 0) is 29.8 Å². The molecule has 0 saturated heterocycles. The molecule has 0 atom stereocenters. The van der Waals surface area contributed by atoms with Crippen LogP contribution in [0.2, 0.25) is 25.1 Å².